The third-order valence-corrected chi connectivity index (χ3v) is 4.32. The average Bonchev–Trinajstić information content (AvgIpc) is 3.33. The second-order valence-corrected chi connectivity index (χ2v) is 6.74. The third-order valence-electron chi connectivity index (χ3n) is 4.32. The molecule has 0 aliphatic heterocycles. The molecule has 3 rings (SSSR count). The van der Waals surface area contributed by atoms with Crippen LogP contribution in [0.15, 0.2) is 71.3 Å². The topological polar surface area (TPSA) is 122 Å². The molecular formula is C23H24N4O5. The Balaban J connectivity index is 1.51. The van der Waals surface area contributed by atoms with E-state index in [1.807, 2.05) is 0 Å². The van der Waals surface area contributed by atoms with Crippen molar-refractivity contribution in [1.82, 2.24) is 5.32 Å². The highest BCUT2D eigenvalue weighted by molar-refractivity contribution is 6.03. The zero-order valence-electron chi connectivity index (χ0n) is 17.5. The number of benzene rings is 2. The van der Waals surface area contributed by atoms with E-state index >= 15 is 0 Å². The largest absolute Gasteiger partial charge is 0.459 e. The van der Waals surface area contributed by atoms with E-state index in [0.29, 0.717) is 35.8 Å². The molecule has 3 aromatic rings. The third kappa shape index (κ3) is 6.71. The van der Waals surface area contributed by atoms with Gasteiger partial charge < -0.3 is 30.4 Å². The quantitative estimate of drug-likeness (QED) is 0.363. The second kappa shape index (κ2) is 11.3. The Kier molecular flexibility index (Phi) is 7.99. The van der Waals surface area contributed by atoms with Gasteiger partial charge in [-0.05, 0) is 48.5 Å². The van der Waals surface area contributed by atoms with Crippen LogP contribution in [-0.2, 0) is 9.53 Å². The number of furan rings is 1. The maximum absolute atomic E-state index is 12.3. The fourth-order valence-electron chi connectivity index (χ4n) is 2.80. The van der Waals surface area contributed by atoms with Gasteiger partial charge in [-0.25, -0.2) is 0 Å². The minimum Gasteiger partial charge on any atom is -0.459 e. The maximum atomic E-state index is 12.3. The van der Waals surface area contributed by atoms with Gasteiger partial charge in [0.05, 0.1) is 19.4 Å². The van der Waals surface area contributed by atoms with Gasteiger partial charge in [0.15, 0.2) is 5.76 Å². The summed E-state index contributed by atoms with van der Waals surface area (Å²) in [4.78, 5) is 36.5. The standard InChI is InChI=1S/C23H24N4O5/c1-31-12-10-24-22(29)16-5-2-6-17(13-16)25-15-21(28)26-18-7-3-8-19(14-18)27-23(30)20-9-4-11-32-20/h2-9,11,13-14,25H,10,12,15H2,1H3,(H,24,29)(H,26,28)(H,27,30). The summed E-state index contributed by atoms with van der Waals surface area (Å²) in [6.45, 7) is 0.839. The first-order chi connectivity index (χ1) is 15.5. The molecule has 0 saturated carbocycles. The van der Waals surface area contributed by atoms with E-state index in [1.165, 1.54) is 6.26 Å². The zero-order chi connectivity index (χ0) is 22.8. The molecule has 4 N–H and O–H groups in total. The van der Waals surface area contributed by atoms with Crippen LogP contribution >= 0.6 is 0 Å². The molecule has 9 heteroatoms. The fraction of sp³-hybridized carbons (Fsp3) is 0.174. The van der Waals surface area contributed by atoms with Gasteiger partial charge in [-0.1, -0.05) is 12.1 Å². The van der Waals surface area contributed by atoms with Gasteiger partial charge in [0.1, 0.15) is 0 Å². The van der Waals surface area contributed by atoms with Gasteiger partial charge >= 0.3 is 0 Å². The van der Waals surface area contributed by atoms with E-state index < -0.39 is 0 Å². The number of nitrogens with one attached hydrogen (secondary N) is 4. The monoisotopic (exact) mass is 436 g/mol. The van der Waals surface area contributed by atoms with Gasteiger partial charge in [-0.2, -0.15) is 0 Å². The van der Waals surface area contributed by atoms with Crippen molar-refractivity contribution >= 4 is 34.8 Å². The van der Waals surface area contributed by atoms with Gasteiger partial charge in [-0.3, -0.25) is 14.4 Å². The molecular weight excluding hydrogens is 412 g/mol. The van der Waals surface area contributed by atoms with Crippen LogP contribution in [0, 0.1) is 0 Å². The predicted octanol–water partition coefficient (Wildman–Crippen LogP) is 2.96. The lowest BCUT2D eigenvalue weighted by atomic mass is 10.2. The van der Waals surface area contributed by atoms with Crippen molar-refractivity contribution < 1.29 is 23.5 Å². The van der Waals surface area contributed by atoms with Crippen molar-refractivity contribution in [2.45, 2.75) is 0 Å². The number of anilines is 3. The molecule has 32 heavy (non-hydrogen) atoms. The highest BCUT2D eigenvalue weighted by Crippen LogP contribution is 2.17. The van der Waals surface area contributed by atoms with Crippen LogP contribution in [-0.4, -0.2) is 44.5 Å². The minimum absolute atomic E-state index is 0.00225. The molecule has 1 heterocycles. The van der Waals surface area contributed by atoms with E-state index in [1.54, 1.807) is 67.8 Å². The molecule has 0 bridgehead atoms. The number of rotatable bonds is 10. The van der Waals surface area contributed by atoms with Crippen LogP contribution in [0.2, 0.25) is 0 Å². The van der Waals surface area contributed by atoms with Crippen LogP contribution in [0.5, 0.6) is 0 Å². The lowest BCUT2D eigenvalue weighted by molar-refractivity contribution is -0.114. The Morgan fingerprint density at radius 3 is 2.38 bits per heavy atom. The smallest absolute Gasteiger partial charge is 0.291 e. The highest BCUT2D eigenvalue weighted by atomic mass is 16.5. The molecule has 0 radical (unpaired) electrons. The first-order valence-electron chi connectivity index (χ1n) is 9.91. The normalized spacial score (nSPS) is 10.3. The molecule has 2 aromatic carbocycles. The van der Waals surface area contributed by atoms with Crippen molar-refractivity contribution in [1.29, 1.82) is 0 Å². The maximum Gasteiger partial charge on any atom is 0.291 e. The predicted molar refractivity (Wildman–Crippen MR) is 121 cm³/mol. The lowest BCUT2D eigenvalue weighted by Crippen LogP contribution is -2.27. The Labute approximate surface area is 185 Å². The van der Waals surface area contributed by atoms with E-state index in [2.05, 4.69) is 21.3 Å². The molecule has 0 aliphatic rings. The number of carbonyl (C=O) groups is 3. The van der Waals surface area contributed by atoms with Crippen LogP contribution < -0.4 is 21.3 Å². The van der Waals surface area contributed by atoms with Crippen LogP contribution in [0.1, 0.15) is 20.9 Å². The summed E-state index contributed by atoms with van der Waals surface area (Å²) in [6, 6.07) is 16.8. The number of hydrogen-bond acceptors (Lipinski definition) is 6. The fourth-order valence-corrected chi connectivity index (χ4v) is 2.80. The SMILES string of the molecule is COCCNC(=O)c1cccc(NCC(=O)Nc2cccc(NC(=O)c3ccco3)c2)c1. The Bertz CT molecular complexity index is 1070. The Morgan fingerprint density at radius 1 is 0.875 bits per heavy atom. The summed E-state index contributed by atoms with van der Waals surface area (Å²) in [5.74, 6) is -0.692. The number of amides is 3. The van der Waals surface area contributed by atoms with Crippen LogP contribution in [0.4, 0.5) is 17.1 Å². The van der Waals surface area contributed by atoms with E-state index in [9.17, 15) is 14.4 Å². The van der Waals surface area contributed by atoms with E-state index in [4.69, 9.17) is 9.15 Å². The summed E-state index contributed by atoms with van der Waals surface area (Å²) in [6.07, 6.45) is 1.42. The highest BCUT2D eigenvalue weighted by Gasteiger charge is 2.10. The van der Waals surface area contributed by atoms with Crippen molar-refractivity contribution in [2.75, 3.05) is 42.8 Å². The van der Waals surface area contributed by atoms with Gasteiger partial charge in [0.2, 0.25) is 5.91 Å². The molecule has 9 nitrogen and oxygen atoms in total. The van der Waals surface area contributed by atoms with Crippen LogP contribution in [0.25, 0.3) is 0 Å². The number of methoxy groups -OCH3 is 1. The minimum atomic E-state index is -0.383. The summed E-state index contributed by atoms with van der Waals surface area (Å²) in [7, 11) is 1.56. The molecule has 1 aromatic heterocycles. The van der Waals surface area contributed by atoms with Gasteiger partial charge in [0.25, 0.3) is 11.8 Å². The van der Waals surface area contributed by atoms with Crippen LogP contribution in [0.3, 0.4) is 0 Å². The van der Waals surface area contributed by atoms with Crippen molar-refractivity contribution in [3.05, 3.63) is 78.3 Å². The molecule has 166 valence electrons. The summed E-state index contributed by atoms with van der Waals surface area (Å²) >= 11 is 0. The lowest BCUT2D eigenvalue weighted by Gasteiger charge is -2.11. The molecule has 0 spiro atoms. The van der Waals surface area contributed by atoms with E-state index in [0.717, 1.165) is 0 Å². The molecule has 3 amide bonds. The Morgan fingerprint density at radius 2 is 1.62 bits per heavy atom. The van der Waals surface area contributed by atoms with Crippen molar-refractivity contribution in [3.63, 3.8) is 0 Å². The summed E-state index contributed by atoms with van der Waals surface area (Å²) in [5, 5.41) is 11.2. The first-order valence-corrected chi connectivity index (χ1v) is 9.91. The van der Waals surface area contributed by atoms with Crippen molar-refractivity contribution in [3.8, 4) is 0 Å². The van der Waals surface area contributed by atoms with Gasteiger partial charge in [-0.15, -0.1) is 0 Å². The molecule has 0 atom stereocenters. The Hall–Kier alpha value is -4.11. The molecule has 0 saturated heterocycles. The molecule has 0 fully saturated rings. The number of ether oxygens (including phenoxy) is 1. The summed E-state index contributed by atoms with van der Waals surface area (Å²) < 4.78 is 9.98. The van der Waals surface area contributed by atoms with E-state index in [-0.39, 0.29) is 30.0 Å². The second-order valence-electron chi connectivity index (χ2n) is 6.74. The molecule has 0 unspecified atom stereocenters. The summed E-state index contributed by atoms with van der Waals surface area (Å²) in [5.41, 5.74) is 2.16. The average molecular weight is 436 g/mol. The molecule has 0 aliphatic carbocycles. The number of carbonyl (C=O) groups excluding carboxylic acids is 3. The number of hydrogen-bond donors (Lipinski definition) is 4. The van der Waals surface area contributed by atoms with Crippen molar-refractivity contribution in [2.24, 2.45) is 0 Å². The van der Waals surface area contributed by atoms with Gasteiger partial charge in [0, 0.05) is 36.3 Å². The first kappa shape index (κ1) is 22.6. The zero-order valence-corrected chi connectivity index (χ0v) is 17.5.